The van der Waals surface area contributed by atoms with Crippen molar-refractivity contribution in [2.24, 2.45) is 0 Å². The normalized spacial score (nSPS) is 14.6. The summed E-state index contributed by atoms with van der Waals surface area (Å²) in [5.41, 5.74) is 2.01. The number of carbonyl (C=O) groups is 1. The van der Waals surface area contributed by atoms with Gasteiger partial charge in [0.15, 0.2) is 15.0 Å². The molecule has 33 heavy (non-hydrogen) atoms. The molecule has 1 aliphatic rings. The SMILES string of the molecule is COc1ccc(C)c2sc(N3CCN(C(=O)CCCS(=O)(=O)c4ccc(F)cc4)CC3)nc12. The molecule has 0 radical (unpaired) electrons. The van der Waals surface area contributed by atoms with E-state index in [4.69, 9.17) is 9.72 Å². The van der Waals surface area contributed by atoms with Crippen LogP contribution < -0.4 is 9.64 Å². The fourth-order valence-corrected chi connectivity index (χ4v) is 6.29. The highest BCUT2D eigenvalue weighted by atomic mass is 32.2. The maximum atomic E-state index is 13.0. The Morgan fingerprint density at radius 2 is 1.82 bits per heavy atom. The summed E-state index contributed by atoms with van der Waals surface area (Å²) >= 11 is 1.63. The summed E-state index contributed by atoms with van der Waals surface area (Å²) in [5, 5.41) is 0.912. The highest BCUT2D eigenvalue weighted by Gasteiger charge is 2.24. The van der Waals surface area contributed by atoms with Crippen molar-refractivity contribution in [3.05, 3.63) is 47.8 Å². The fraction of sp³-hybridized carbons (Fsp3) is 0.391. The fourth-order valence-electron chi connectivity index (χ4n) is 3.88. The van der Waals surface area contributed by atoms with Crippen molar-refractivity contribution in [1.82, 2.24) is 9.88 Å². The lowest BCUT2D eigenvalue weighted by Crippen LogP contribution is -2.48. The lowest BCUT2D eigenvalue weighted by atomic mass is 10.2. The quantitative estimate of drug-likeness (QED) is 0.470. The molecule has 0 atom stereocenters. The third kappa shape index (κ3) is 5.11. The van der Waals surface area contributed by atoms with E-state index >= 15 is 0 Å². The number of amides is 1. The minimum atomic E-state index is -3.53. The van der Waals surface area contributed by atoms with Crippen molar-refractivity contribution in [2.45, 2.75) is 24.7 Å². The lowest BCUT2D eigenvalue weighted by molar-refractivity contribution is -0.131. The predicted octanol–water partition coefficient (Wildman–Crippen LogP) is 3.66. The number of thiazole rings is 1. The number of halogens is 1. The average Bonchev–Trinajstić information content (AvgIpc) is 3.26. The van der Waals surface area contributed by atoms with Crippen molar-refractivity contribution in [2.75, 3.05) is 43.9 Å². The number of sulfone groups is 1. The van der Waals surface area contributed by atoms with Crippen LogP contribution in [0, 0.1) is 12.7 Å². The third-order valence-corrected chi connectivity index (χ3v) is 8.86. The van der Waals surface area contributed by atoms with E-state index in [0.29, 0.717) is 26.2 Å². The van der Waals surface area contributed by atoms with Crippen molar-refractivity contribution in [3.63, 3.8) is 0 Å². The van der Waals surface area contributed by atoms with Gasteiger partial charge in [-0.25, -0.2) is 17.8 Å². The van der Waals surface area contributed by atoms with E-state index in [0.717, 1.165) is 38.8 Å². The molecular formula is C23H26FN3O4S2. The second-order valence-corrected chi connectivity index (χ2v) is 11.1. The van der Waals surface area contributed by atoms with E-state index in [1.54, 1.807) is 23.3 Å². The topological polar surface area (TPSA) is 79.8 Å². The number of nitrogens with zero attached hydrogens (tertiary/aromatic N) is 3. The van der Waals surface area contributed by atoms with Gasteiger partial charge in [-0.15, -0.1) is 0 Å². The van der Waals surface area contributed by atoms with E-state index in [1.165, 1.54) is 12.1 Å². The Morgan fingerprint density at radius 3 is 2.48 bits per heavy atom. The molecular weight excluding hydrogens is 465 g/mol. The first-order chi connectivity index (χ1) is 15.8. The number of methoxy groups -OCH3 is 1. The first kappa shape index (κ1) is 23.4. The molecule has 2 aromatic carbocycles. The zero-order chi connectivity index (χ0) is 23.6. The van der Waals surface area contributed by atoms with Gasteiger partial charge in [0.1, 0.15) is 17.1 Å². The Bertz CT molecular complexity index is 1250. The zero-order valence-electron chi connectivity index (χ0n) is 18.6. The van der Waals surface area contributed by atoms with Crippen LogP contribution in [0.15, 0.2) is 41.3 Å². The molecule has 0 aliphatic carbocycles. The predicted molar refractivity (Wildman–Crippen MR) is 127 cm³/mol. The summed E-state index contributed by atoms with van der Waals surface area (Å²) in [6, 6.07) is 8.71. The zero-order valence-corrected chi connectivity index (χ0v) is 20.2. The summed E-state index contributed by atoms with van der Waals surface area (Å²) in [6.07, 6.45) is 0.396. The number of carbonyl (C=O) groups excluding carboxylic acids is 1. The highest BCUT2D eigenvalue weighted by molar-refractivity contribution is 7.91. The molecule has 1 fully saturated rings. The number of aromatic nitrogens is 1. The second kappa shape index (κ2) is 9.64. The molecule has 0 bridgehead atoms. The Labute approximate surface area is 196 Å². The van der Waals surface area contributed by atoms with Crippen LogP contribution in [0.4, 0.5) is 9.52 Å². The molecule has 1 amide bonds. The van der Waals surface area contributed by atoms with Crippen LogP contribution in [-0.4, -0.2) is 63.3 Å². The monoisotopic (exact) mass is 491 g/mol. The van der Waals surface area contributed by atoms with Crippen LogP contribution in [0.1, 0.15) is 18.4 Å². The number of hydrogen-bond acceptors (Lipinski definition) is 7. The van der Waals surface area contributed by atoms with Gasteiger partial charge in [-0.05, 0) is 49.2 Å². The summed E-state index contributed by atoms with van der Waals surface area (Å²) in [6.45, 7) is 4.52. The van der Waals surface area contributed by atoms with Gasteiger partial charge in [0.2, 0.25) is 5.91 Å². The molecule has 3 aromatic rings. The highest BCUT2D eigenvalue weighted by Crippen LogP contribution is 2.36. The molecule has 4 rings (SSSR count). The number of hydrogen-bond donors (Lipinski definition) is 0. The summed E-state index contributed by atoms with van der Waals surface area (Å²) in [5.74, 6) is 0.0775. The lowest BCUT2D eigenvalue weighted by Gasteiger charge is -2.34. The third-order valence-electron chi connectivity index (χ3n) is 5.79. The van der Waals surface area contributed by atoms with Crippen LogP contribution >= 0.6 is 11.3 Å². The molecule has 1 aromatic heterocycles. The Balaban J connectivity index is 1.31. The average molecular weight is 492 g/mol. The maximum Gasteiger partial charge on any atom is 0.222 e. The smallest absolute Gasteiger partial charge is 0.222 e. The number of benzene rings is 2. The van der Waals surface area contributed by atoms with Crippen LogP contribution in [0.25, 0.3) is 10.2 Å². The second-order valence-electron chi connectivity index (χ2n) is 8.00. The first-order valence-electron chi connectivity index (χ1n) is 10.7. The summed E-state index contributed by atoms with van der Waals surface area (Å²) < 4.78 is 44.3. The van der Waals surface area contributed by atoms with E-state index < -0.39 is 15.7 Å². The summed E-state index contributed by atoms with van der Waals surface area (Å²) in [4.78, 5) is 21.4. The molecule has 1 aliphatic heterocycles. The van der Waals surface area contributed by atoms with Crippen LogP contribution in [0.3, 0.4) is 0 Å². The Kier molecular flexibility index (Phi) is 6.85. The van der Waals surface area contributed by atoms with Crippen LogP contribution in [0.2, 0.25) is 0 Å². The molecule has 176 valence electrons. The van der Waals surface area contributed by atoms with Crippen molar-refractivity contribution in [3.8, 4) is 5.75 Å². The van der Waals surface area contributed by atoms with Gasteiger partial charge >= 0.3 is 0 Å². The Morgan fingerprint density at radius 1 is 1.12 bits per heavy atom. The van der Waals surface area contributed by atoms with Gasteiger partial charge < -0.3 is 14.5 Å². The number of aryl methyl sites for hydroxylation is 1. The maximum absolute atomic E-state index is 13.0. The molecule has 0 saturated carbocycles. The molecule has 0 N–H and O–H groups in total. The van der Waals surface area contributed by atoms with E-state index in [-0.39, 0.29) is 29.4 Å². The first-order valence-corrected chi connectivity index (χ1v) is 13.2. The minimum Gasteiger partial charge on any atom is -0.494 e. The number of rotatable bonds is 7. The Hall–Kier alpha value is -2.72. The van der Waals surface area contributed by atoms with Gasteiger partial charge in [-0.2, -0.15) is 0 Å². The molecule has 2 heterocycles. The summed E-state index contributed by atoms with van der Waals surface area (Å²) in [7, 11) is -1.90. The van der Waals surface area contributed by atoms with Gasteiger partial charge in [-0.3, -0.25) is 4.79 Å². The van der Waals surface area contributed by atoms with Crippen LogP contribution in [-0.2, 0) is 14.6 Å². The van der Waals surface area contributed by atoms with E-state index in [1.807, 2.05) is 12.1 Å². The molecule has 0 spiro atoms. The standard InChI is InChI=1S/C23H26FN3O4S2/c1-16-5-10-19(31-2)21-22(16)32-23(25-21)27-13-11-26(12-14-27)20(28)4-3-15-33(29,30)18-8-6-17(24)7-9-18/h5-10H,3-4,11-15H2,1-2H3. The van der Waals surface area contributed by atoms with Crippen molar-refractivity contribution in [1.29, 1.82) is 0 Å². The van der Waals surface area contributed by atoms with E-state index in [9.17, 15) is 17.6 Å². The van der Waals surface area contributed by atoms with E-state index in [2.05, 4.69) is 11.8 Å². The van der Waals surface area contributed by atoms with Gasteiger partial charge in [0, 0.05) is 32.6 Å². The van der Waals surface area contributed by atoms with Gasteiger partial charge in [-0.1, -0.05) is 17.4 Å². The number of anilines is 1. The van der Waals surface area contributed by atoms with Gasteiger partial charge in [0.05, 0.1) is 22.5 Å². The van der Waals surface area contributed by atoms with Crippen molar-refractivity contribution >= 4 is 42.4 Å². The molecule has 7 nitrogen and oxygen atoms in total. The van der Waals surface area contributed by atoms with Crippen LogP contribution in [0.5, 0.6) is 5.75 Å². The number of fused-ring (bicyclic) bond motifs is 1. The van der Waals surface area contributed by atoms with Gasteiger partial charge in [0.25, 0.3) is 0 Å². The number of ether oxygens (including phenoxy) is 1. The molecule has 1 saturated heterocycles. The minimum absolute atomic E-state index is 0.0502. The number of piperazine rings is 1. The molecule has 10 heteroatoms. The largest absolute Gasteiger partial charge is 0.494 e. The molecule has 0 unspecified atom stereocenters. The van der Waals surface area contributed by atoms with Crippen molar-refractivity contribution < 1.29 is 22.3 Å².